The van der Waals surface area contributed by atoms with E-state index in [1.807, 2.05) is 54.9 Å². The van der Waals surface area contributed by atoms with Crippen molar-refractivity contribution in [1.29, 1.82) is 0 Å². The fourth-order valence-electron chi connectivity index (χ4n) is 2.48. The van der Waals surface area contributed by atoms with Crippen molar-refractivity contribution in [3.63, 3.8) is 0 Å². The van der Waals surface area contributed by atoms with Crippen LogP contribution in [0.15, 0.2) is 59.3 Å². The smallest absolute Gasteiger partial charge is 0.134 e. The minimum Gasteiger partial charge on any atom is -0.459 e. The van der Waals surface area contributed by atoms with Gasteiger partial charge in [0.25, 0.3) is 0 Å². The summed E-state index contributed by atoms with van der Waals surface area (Å²) in [4.78, 5) is 6.21. The molecule has 4 heteroatoms. The van der Waals surface area contributed by atoms with E-state index in [0.717, 1.165) is 29.8 Å². The molecule has 0 bridgehead atoms. The molecular weight excluding hydrogens is 262 g/mol. The molecule has 0 aliphatic rings. The zero-order valence-electron chi connectivity index (χ0n) is 12.1. The number of benzene rings is 1. The number of fused-ring (bicyclic) bond motifs is 1. The summed E-state index contributed by atoms with van der Waals surface area (Å²) >= 11 is 0. The summed E-state index contributed by atoms with van der Waals surface area (Å²) in [6.45, 7) is 1.58. The Balaban J connectivity index is 1.66. The average molecular weight is 281 g/mol. The summed E-state index contributed by atoms with van der Waals surface area (Å²) in [5.41, 5.74) is 8.38. The largest absolute Gasteiger partial charge is 0.459 e. The third-order valence-corrected chi connectivity index (χ3v) is 3.52. The molecule has 0 amide bonds. The molecule has 2 heterocycles. The van der Waals surface area contributed by atoms with Crippen LogP contribution in [0.25, 0.3) is 11.0 Å². The quantitative estimate of drug-likeness (QED) is 0.781. The lowest BCUT2D eigenvalue weighted by atomic mass is 10.2. The molecule has 4 nitrogen and oxygen atoms in total. The number of nitrogens with zero attached hydrogens (tertiary/aromatic N) is 2. The van der Waals surface area contributed by atoms with Crippen LogP contribution in [0.1, 0.15) is 17.4 Å². The molecule has 0 aliphatic carbocycles. The van der Waals surface area contributed by atoms with E-state index in [2.05, 4.69) is 16.9 Å². The molecule has 0 spiro atoms. The molecular formula is C17H19N3O. The van der Waals surface area contributed by atoms with E-state index in [4.69, 9.17) is 10.2 Å². The molecule has 3 aromatic rings. The first-order chi connectivity index (χ1) is 10.2. The number of rotatable bonds is 5. The van der Waals surface area contributed by atoms with Crippen LogP contribution >= 0.6 is 0 Å². The standard InChI is InChI=1S/C17H19N3O/c1-20(11-13-6-8-19-9-7-13)12-15(18)17-10-14-4-2-3-5-16(14)21-17/h2-10,15H,11-12,18H2,1H3. The van der Waals surface area contributed by atoms with Gasteiger partial charge in [0, 0.05) is 30.9 Å². The summed E-state index contributed by atoms with van der Waals surface area (Å²) in [6.07, 6.45) is 3.62. The van der Waals surface area contributed by atoms with Gasteiger partial charge in [-0.15, -0.1) is 0 Å². The molecule has 3 rings (SSSR count). The fraction of sp³-hybridized carbons (Fsp3) is 0.235. The van der Waals surface area contributed by atoms with E-state index in [9.17, 15) is 0 Å². The fourth-order valence-corrected chi connectivity index (χ4v) is 2.48. The van der Waals surface area contributed by atoms with Gasteiger partial charge in [-0.3, -0.25) is 4.98 Å². The van der Waals surface area contributed by atoms with Gasteiger partial charge < -0.3 is 15.1 Å². The van der Waals surface area contributed by atoms with Crippen LogP contribution in [-0.4, -0.2) is 23.5 Å². The van der Waals surface area contributed by atoms with E-state index >= 15 is 0 Å². The molecule has 0 fully saturated rings. The molecule has 0 saturated heterocycles. The van der Waals surface area contributed by atoms with Crippen LogP contribution in [-0.2, 0) is 6.54 Å². The lowest BCUT2D eigenvalue weighted by Gasteiger charge is -2.20. The third-order valence-electron chi connectivity index (χ3n) is 3.52. The SMILES string of the molecule is CN(Cc1ccncc1)CC(N)c1cc2ccccc2o1. The van der Waals surface area contributed by atoms with Gasteiger partial charge in [0.15, 0.2) is 0 Å². The maximum atomic E-state index is 6.27. The Labute approximate surface area is 124 Å². The highest BCUT2D eigenvalue weighted by molar-refractivity contribution is 5.77. The maximum absolute atomic E-state index is 6.27. The molecule has 2 N–H and O–H groups in total. The first-order valence-corrected chi connectivity index (χ1v) is 7.04. The second-order valence-corrected chi connectivity index (χ2v) is 5.35. The molecule has 1 unspecified atom stereocenters. The van der Waals surface area contributed by atoms with Crippen LogP contribution in [0.4, 0.5) is 0 Å². The summed E-state index contributed by atoms with van der Waals surface area (Å²) in [5, 5.41) is 1.10. The summed E-state index contributed by atoms with van der Waals surface area (Å²) < 4.78 is 5.82. The van der Waals surface area contributed by atoms with Gasteiger partial charge >= 0.3 is 0 Å². The highest BCUT2D eigenvalue weighted by Crippen LogP contribution is 2.23. The first kappa shape index (κ1) is 13.8. The monoisotopic (exact) mass is 281 g/mol. The summed E-state index contributed by atoms with van der Waals surface area (Å²) in [7, 11) is 2.06. The van der Waals surface area contributed by atoms with Gasteiger partial charge in [-0.25, -0.2) is 0 Å². The second-order valence-electron chi connectivity index (χ2n) is 5.35. The van der Waals surface area contributed by atoms with Gasteiger partial charge in [-0.2, -0.15) is 0 Å². The number of hydrogen-bond donors (Lipinski definition) is 1. The van der Waals surface area contributed by atoms with Crippen LogP contribution in [0.3, 0.4) is 0 Å². The molecule has 108 valence electrons. The van der Waals surface area contributed by atoms with Gasteiger partial charge in [-0.05, 0) is 36.9 Å². The predicted molar refractivity (Wildman–Crippen MR) is 83.7 cm³/mol. The van der Waals surface area contributed by atoms with Crippen molar-refractivity contribution < 1.29 is 4.42 Å². The van der Waals surface area contributed by atoms with Crippen LogP contribution < -0.4 is 5.73 Å². The predicted octanol–water partition coefficient (Wildman–Crippen LogP) is 2.96. The van der Waals surface area contributed by atoms with E-state index < -0.39 is 0 Å². The Kier molecular flexibility index (Phi) is 3.99. The molecule has 21 heavy (non-hydrogen) atoms. The highest BCUT2D eigenvalue weighted by atomic mass is 16.3. The zero-order chi connectivity index (χ0) is 14.7. The lowest BCUT2D eigenvalue weighted by Crippen LogP contribution is -2.28. The Hall–Kier alpha value is -2.17. The van der Waals surface area contributed by atoms with Crippen LogP contribution in [0, 0.1) is 0 Å². The zero-order valence-corrected chi connectivity index (χ0v) is 12.1. The number of aromatic nitrogens is 1. The minimum atomic E-state index is -0.135. The lowest BCUT2D eigenvalue weighted by molar-refractivity contribution is 0.291. The maximum Gasteiger partial charge on any atom is 0.134 e. The number of furan rings is 1. The molecule has 1 atom stereocenters. The van der Waals surface area contributed by atoms with E-state index in [0.29, 0.717) is 0 Å². The van der Waals surface area contributed by atoms with Gasteiger partial charge in [-0.1, -0.05) is 18.2 Å². The Bertz CT molecular complexity index is 675. The molecule has 0 aliphatic heterocycles. The average Bonchev–Trinajstić information content (AvgIpc) is 2.92. The van der Waals surface area contributed by atoms with Crippen molar-refractivity contribution in [1.82, 2.24) is 9.88 Å². The van der Waals surface area contributed by atoms with E-state index in [-0.39, 0.29) is 6.04 Å². The van der Waals surface area contributed by atoms with Crippen molar-refractivity contribution in [3.05, 3.63) is 66.2 Å². The molecule has 2 aromatic heterocycles. The number of para-hydroxylation sites is 1. The van der Waals surface area contributed by atoms with Crippen LogP contribution in [0.2, 0.25) is 0 Å². The third kappa shape index (κ3) is 3.29. The van der Waals surface area contributed by atoms with Gasteiger partial charge in [0.2, 0.25) is 0 Å². The number of hydrogen-bond acceptors (Lipinski definition) is 4. The normalized spacial score (nSPS) is 12.9. The summed E-state index contributed by atoms with van der Waals surface area (Å²) in [6, 6.07) is 13.9. The first-order valence-electron chi connectivity index (χ1n) is 7.04. The Morgan fingerprint density at radius 3 is 2.71 bits per heavy atom. The van der Waals surface area contributed by atoms with Crippen molar-refractivity contribution in [2.24, 2.45) is 5.73 Å². The van der Waals surface area contributed by atoms with Crippen molar-refractivity contribution in [3.8, 4) is 0 Å². The van der Waals surface area contributed by atoms with Crippen molar-refractivity contribution in [2.75, 3.05) is 13.6 Å². The molecule has 0 saturated carbocycles. The van der Waals surface area contributed by atoms with E-state index in [1.165, 1.54) is 5.56 Å². The van der Waals surface area contributed by atoms with Crippen molar-refractivity contribution >= 4 is 11.0 Å². The van der Waals surface area contributed by atoms with Crippen molar-refractivity contribution in [2.45, 2.75) is 12.6 Å². The Morgan fingerprint density at radius 2 is 1.95 bits per heavy atom. The van der Waals surface area contributed by atoms with Crippen LogP contribution in [0.5, 0.6) is 0 Å². The van der Waals surface area contributed by atoms with Gasteiger partial charge in [0.05, 0.1) is 6.04 Å². The highest BCUT2D eigenvalue weighted by Gasteiger charge is 2.14. The summed E-state index contributed by atoms with van der Waals surface area (Å²) in [5.74, 6) is 0.831. The second kappa shape index (κ2) is 6.08. The number of likely N-dealkylation sites (N-methyl/N-ethyl adjacent to an activating group) is 1. The number of pyridine rings is 1. The topological polar surface area (TPSA) is 55.3 Å². The molecule has 0 radical (unpaired) electrons. The van der Waals surface area contributed by atoms with Gasteiger partial charge in [0.1, 0.15) is 11.3 Å². The number of nitrogens with two attached hydrogens (primary N) is 1. The Morgan fingerprint density at radius 1 is 1.19 bits per heavy atom. The van der Waals surface area contributed by atoms with E-state index in [1.54, 1.807) is 0 Å². The minimum absolute atomic E-state index is 0.135. The molecule has 1 aromatic carbocycles.